The van der Waals surface area contributed by atoms with E-state index in [1.807, 2.05) is 12.1 Å². The van der Waals surface area contributed by atoms with Gasteiger partial charge in [-0.25, -0.2) is 4.79 Å². The van der Waals surface area contributed by atoms with E-state index in [0.717, 1.165) is 4.47 Å². The Morgan fingerprint density at radius 1 is 1.25 bits per heavy atom. The van der Waals surface area contributed by atoms with Crippen LogP contribution in [-0.2, 0) is 4.74 Å². The van der Waals surface area contributed by atoms with Gasteiger partial charge in [-0.15, -0.1) is 0 Å². The van der Waals surface area contributed by atoms with Crippen molar-refractivity contribution in [2.75, 3.05) is 6.61 Å². The minimum absolute atomic E-state index is 0.123. The summed E-state index contributed by atoms with van der Waals surface area (Å²) >= 11 is 3.33. The molecule has 5 heteroatoms. The molecule has 2 rings (SSSR count). The average Bonchev–Trinajstić information content (AvgIpc) is 2.81. The number of hydrogen-bond donors (Lipinski definition) is 1. The second-order valence-electron chi connectivity index (χ2n) is 4.26. The molecule has 0 fully saturated rings. The molecule has 0 atom stereocenters. The van der Waals surface area contributed by atoms with E-state index in [0.29, 0.717) is 29.0 Å². The van der Waals surface area contributed by atoms with Crippen molar-refractivity contribution in [1.29, 1.82) is 0 Å². The van der Waals surface area contributed by atoms with Crippen LogP contribution in [-0.4, -0.2) is 23.3 Å². The number of halogens is 1. The highest BCUT2D eigenvalue weighted by molar-refractivity contribution is 9.10. The molecular formula is C15H14BrNO3. The Morgan fingerprint density at radius 2 is 1.90 bits per heavy atom. The van der Waals surface area contributed by atoms with Gasteiger partial charge in [-0.3, -0.25) is 4.79 Å². The molecule has 4 nitrogen and oxygen atoms in total. The number of benzene rings is 1. The molecule has 1 heterocycles. The number of aromatic nitrogens is 1. The number of esters is 1. The lowest BCUT2D eigenvalue weighted by Gasteiger charge is -2.02. The van der Waals surface area contributed by atoms with Gasteiger partial charge in [0.25, 0.3) is 0 Å². The van der Waals surface area contributed by atoms with Crippen LogP contribution in [0.25, 0.3) is 0 Å². The predicted molar refractivity (Wildman–Crippen MR) is 79.1 cm³/mol. The second-order valence-corrected chi connectivity index (χ2v) is 5.17. The molecule has 1 aromatic heterocycles. The predicted octanol–water partition coefficient (Wildman–Crippen LogP) is 3.49. The number of hydrogen-bond acceptors (Lipinski definition) is 3. The molecule has 0 aliphatic carbocycles. The monoisotopic (exact) mass is 335 g/mol. The van der Waals surface area contributed by atoms with Crippen LogP contribution in [0, 0.1) is 6.92 Å². The van der Waals surface area contributed by atoms with Gasteiger partial charge in [0, 0.05) is 21.8 Å². The molecule has 104 valence electrons. The molecule has 0 saturated heterocycles. The molecule has 0 amide bonds. The number of nitrogens with one attached hydrogen (secondary N) is 1. The number of ether oxygens (including phenoxy) is 1. The van der Waals surface area contributed by atoms with Gasteiger partial charge >= 0.3 is 5.97 Å². The van der Waals surface area contributed by atoms with E-state index in [2.05, 4.69) is 20.9 Å². The van der Waals surface area contributed by atoms with Crippen LogP contribution in [0.4, 0.5) is 0 Å². The van der Waals surface area contributed by atoms with E-state index in [4.69, 9.17) is 4.74 Å². The van der Waals surface area contributed by atoms with Crippen LogP contribution in [0.15, 0.2) is 34.9 Å². The smallest absolute Gasteiger partial charge is 0.355 e. The Morgan fingerprint density at radius 3 is 2.50 bits per heavy atom. The van der Waals surface area contributed by atoms with Gasteiger partial charge in [0.2, 0.25) is 0 Å². The Hall–Kier alpha value is -1.88. The highest BCUT2D eigenvalue weighted by atomic mass is 79.9. The van der Waals surface area contributed by atoms with Crippen molar-refractivity contribution in [2.24, 2.45) is 0 Å². The largest absolute Gasteiger partial charge is 0.461 e. The molecule has 1 aromatic carbocycles. The van der Waals surface area contributed by atoms with Crippen LogP contribution in [0.1, 0.15) is 38.9 Å². The van der Waals surface area contributed by atoms with Crippen molar-refractivity contribution in [2.45, 2.75) is 13.8 Å². The van der Waals surface area contributed by atoms with Gasteiger partial charge in [0.05, 0.1) is 6.61 Å². The maximum atomic E-state index is 12.4. The molecular weight excluding hydrogens is 322 g/mol. The fourth-order valence-electron chi connectivity index (χ4n) is 1.90. The number of carbonyl (C=O) groups excluding carboxylic acids is 2. The van der Waals surface area contributed by atoms with Crippen LogP contribution in [0.5, 0.6) is 0 Å². The number of rotatable bonds is 4. The van der Waals surface area contributed by atoms with E-state index < -0.39 is 5.97 Å². The van der Waals surface area contributed by atoms with E-state index in [9.17, 15) is 9.59 Å². The van der Waals surface area contributed by atoms with E-state index in [1.54, 1.807) is 32.2 Å². The molecule has 0 spiro atoms. The lowest BCUT2D eigenvalue weighted by atomic mass is 10.0. The summed E-state index contributed by atoms with van der Waals surface area (Å²) < 4.78 is 5.84. The second kappa shape index (κ2) is 6.05. The number of ketones is 1. The molecule has 0 aliphatic rings. The first-order valence-corrected chi connectivity index (χ1v) is 6.99. The SMILES string of the molecule is CCOC(=O)c1[nH]cc(C(=O)c2ccc(Br)cc2)c1C. The summed E-state index contributed by atoms with van der Waals surface area (Å²) in [6.07, 6.45) is 1.55. The minimum Gasteiger partial charge on any atom is -0.461 e. The van der Waals surface area contributed by atoms with Gasteiger partial charge in [-0.1, -0.05) is 15.9 Å². The lowest BCUT2D eigenvalue weighted by Crippen LogP contribution is -2.08. The first kappa shape index (κ1) is 14.5. The summed E-state index contributed by atoms with van der Waals surface area (Å²) in [6, 6.07) is 7.09. The van der Waals surface area contributed by atoms with E-state index in [-0.39, 0.29) is 5.78 Å². The summed E-state index contributed by atoms with van der Waals surface area (Å²) in [6.45, 7) is 3.77. The van der Waals surface area contributed by atoms with E-state index >= 15 is 0 Å². The third kappa shape index (κ3) is 2.82. The molecule has 0 saturated carbocycles. The Kier molecular flexibility index (Phi) is 4.39. The fourth-order valence-corrected chi connectivity index (χ4v) is 2.17. The maximum Gasteiger partial charge on any atom is 0.355 e. The highest BCUT2D eigenvalue weighted by Gasteiger charge is 2.20. The third-order valence-corrected chi connectivity index (χ3v) is 3.50. The van der Waals surface area contributed by atoms with Crippen molar-refractivity contribution in [1.82, 2.24) is 4.98 Å². The normalized spacial score (nSPS) is 10.3. The maximum absolute atomic E-state index is 12.4. The molecule has 2 aromatic rings. The Bertz CT molecular complexity index is 644. The summed E-state index contributed by atoms with van der Waals surface area (Å²) in [5.74, 6) is -0.568. The van der Waals surface area contributed by atoms with Gasteiger partial charge in [-0.2, -0.15) is 0 Å². The molecule has 0 bridgehead atoms. The van der Waals surface area contributed by atoms with Gasteiger partial charge in [0.15, 0.2) is 5.78 Å². The number of aromatic amines is 1. The lowest BCUT2D eigenvalue weighted by molar-refractivity contribution is 0.0519. The van der Waals surface area contributed by atoms with Gasteiger partial charge in [-0.05, 0) is 43.7 Å². The third-order valence-electron chi connectivity index (χ3n) is 2.97. The van der Waals surface area contributed by atoms with Crippen LogP contribution in [0.2, 0.25) is 0 Å². The first-order chi connectivity index (χ1) is 9.54. The summed E-state index contributed by atoms with van der Waals surface area (Å²) in [5.41, 5.74) is 1.99. The van der Waals surface area contributed by atoms with E-state index in [1.165, 1.54) is 0 Å². The molecule has 0 aliphatic heterocycles. The number of carbonyl (C=O) groups is 2. The van der Waals surface area contributed by atoms with Crippen LogP contribution in [0.3, 0.4) is 0 Å². The zero-order valence-corrected chi connectivity index (χ0v) is 12.8. The molecule has 0 unspecified atom stereocenters. The topological polar surface area (TPSA) is 59.2 Å². The van der Waals surface area contributed by atoms with Crippen molar-refractivity contribution < 1.29 is 14.3 Å². The van der Waals surface area contributed by atoms with Gasteiger partial charge < -0.3 is 9.72 Å². The summed E-state index contributed by atoms with van der Waals surface area (Å²) in [5, 5.41) is 0. The average molecular weight is 336 g/mol. The minimum atomic E-state index is -0.445. The quantitative estimate of drug-likeness (QED) is 0.687. The summed E-state index contributed by atoms with van der Waals surface area (Å²) in [7, 11) is 0. The molecule has 1 N–H and O–H groups in total. The molecule has 0 radical (unpaired) electrons. The zero-order valence-electron chi connectivity index (χ0n) is 11.2. The van der Waals surface area contributed by atoms with Crippen LogP contribution >= 0.6 is 15.9 Å². The summed E-state index contributed by atoms with van der Waals surface area (Å²) in [4.78, 5) is 26.9. The van der Waals surface area contributed by atoms with Crippen molar-refractivity contribution in [3.05, 3.63) is 57.3 Å². The Labute approximate surface area is 125 Å². The van der Waals surface area contributed by atoms with Crippen molar-refractivity contribution in [3.8, 4) is 0 Å². The van der Waals surface area contributed by atoms with Crippen molar-refractivity contribution >= 4 is 27.7 Å². The zero-order chi connectivity index (χ0) is 14.7. The Balaban J connectivity index is 2.32. The first-order valence-electron chi connectivity index (χ1n) is 6.20. The highest BCUT2D eigenvalue weighted by Crippen LogP contribution is 2.19. The molecule has 20 heavy (non-hydrogen) atoms. The number of H-pyrrole nitrogens is 1. The van der Waals surface area contributed by atoms with Crippen molar-refractivity contribution in [3.63, 3.8) is 0 Å². The standard InChI is InChI=1S/C15H14BrNO3/c1-3-20-15(19)13-9(2)12(8-17-13)14(18)10-4-6-11(16)7-5-10/h4-8,17H,3H2,1-2H3. The van der Waals surface area contributed by atoms with Gasteiger partial charge in [0.1, 0.15) is 5.69 Å². The fraction of sp³-hybridized carbons (Fsp3) is 0.200. The van der Waals surface area contributed by atoms with Crippen LogP contribution < -0.4 is 0 Å².